The number of amides is 1. The van der Waals surface area contributed by atoms with Gasteiger partial charge in [0.05, 0.1) is 0 Å². The Morgan fingerprint density at radius 1 is 1.45 bits per heavy atom. The Kier molecular flexibility index (Phi) is 6.46. The van der Waals surface area contributed by atoms with Crippen LogP contribution in [0.4, 0.5) is 0 Å². The van der Waals surface area contributed by atoms with Gasteiger partial charge in [-0.15, -0.1) is 0 Å². The predicted octanol–water partition coefficient (Wildman–Crippen LogP) is 1.90. The molecule has 1 rings (SSSR count). The van der Waals surface area contributed by atoms with Crippen molar-refractivity contribution in [1.82, 2.24) is 5.32 Å². The van der Waals surface area contributed by atoms with E-state index in [9.17, 15) is 14.7 Å². The molecule has 1 aliphatic carbocycles. The lowest BCUT2D eigenvalue weighted by Gasteiger charge is -2.37. The van der Waals surface area contributed by atoms with Gasteiger partial charge >= 0.3 is 5.97 Å². The van der Waals surface area contributed by atoms with Crippen LogP contribution in [0.1, 0.15) is 58.8 Å². The van der Waals surface area contributed by atoms with Crippen molar-refractivity contribution < 1.29 is 14.7 Å². The van der Waals surface area contributed by atoms with Crippen LogP contribution in [-0.2, 0) is 9.59 Å². The molecule has 0 radical (unpaired) electrons. The van der Waals surface area contributed by atoms with Crippen LogP contribution < -0.4 is 11.1 Å². The quantitative estimate of drug-likeness (QED) is 0.665. The summed E-state index contributed by atoms with van der Waals surface area (Å²) in [6.45, 7) is 4.74. The van der Waals surface area contributed by atoms with E-state index in [1.165, 1.54) is 0 Å². The van der Waals surface area contributed by atoms with Crippen molar-refractivity contribution >= 4 is 11.9 Å². The second kappa shape index (κ2) is 7.62. The molecule has 3 unspecified atom stereocenters. The average molecular weight is 284 g/mol. The highest BCUT2D eigenvalue weighted by Gasteiger charge is 2.42. The summed E-state index contributed by atoms with van der Waals surface area (Å²) in [4.78, 5) is 23.6. The molecular formula is C15H28N2O3. The topological polar surface area (TPSA) is 92.4 Å². The van der Waals surface area contributed by atoms with Crippen molar-refractivity contribution in [3.63, 3.8) is 0 Å². The van der Waals surface area contributed by atoms with E-state index >= 15 is 0 Å². The summed E-state index contributed by atoms with van der Waals surface area (Å²) in [7, 11) is 0. The van der Waals surface area contributed by atoms with Crippen molar-refractivity contribution in [2.45, 2.75) is 64.3 Å². The van der Waals surface area contributed by atoms with E-state index in [0.717, 1.165) is 25.7 Å². The number of carbonyl (C=O) groups is 2. The lowest BCUT2D eigenvalue weighted by molar-refractivity contribution is -0.150. The Labute approximate surface area is 121 Å². The zero-order valence-electron chi connectivity index (χ0n) is 12.7. The lowest BCUT2D eigenvalue weighted by Crippen LogP contribution is -2.56. The number of nitrogens with one attached hydrogen (secondary N) is 1. The van der Waals surface area contributed by atoms with Crippen molar-refractivity contribution in [2.75, 3.05) is 6.54 Å². The first-order valence-electron chi connectivity index (χ1n) is 7.64. The van der Waals surface area contributed by atoms with E-state index in [2.05, 4.69) is 12.2 Å². The van der Waals surface area contributed by atoms with Crippen LogP contribution in [0.15, 0.2) is 0 Å². The third-order valence-electron chi connectivity index (χ3n) is 4.31. The Morgan fingerprint density at radius 2 is 2.15 bits per heavy atom. The van der Waals surface area contributed by atoms with Crippen LogP contribution in [0.25, 0.3) is 0 Å². The minimum atomic E-state index is -1.05. The van der Waals surface area contributed by atoms with Crippen molar-refractivity contribution in [2.24, 2.45) is 17.6 Å². The zero-order chi connectivity index (χ0) is 15.2. The molecule has 20 heavy (non-hydrogen) atoms. The minimum Gasteiger partial charge on any atom is -0.480 e. The Bertz CT molecular complexity index is 346. The van der Waals surface area contributed by atoms with Gasteiger partial charge in [-0.25, -0.2) is 4.79 Å². The molecule has 0 bridgehead atoms. The number of rotatable bonds is 7. The minimum absolute atomic E-state index is 0.148. The van der Waals surface area contributed by atoms with Gasteiger partial charge in [-0.05, 0) is 44.1 Å². The van der Waals surface area contributed by atoms with E-state index < -0.39 is 11.5 Å². The number of carbonyl (C=O) groups excluding carboxylic acids is 1. The first-order valence-corrected chi connectivity index (χ1v) is 7.64. The van der Waals surface area contributed by atoms with E-state index in [0.29, 0.717) is 37.6 Å². The second-order valence-electron chi connectivity index (χ2n) is 6.36. The molecule has 0 heterocycles. The maximum atomic E-state index is 12.0. The molecule has 4 N–H and O–H groups in total. The third kappa shape index (κ3) is 4.78. The van der Waals surface area contributed by atoms with Gasteiger partial charge in [0, 0.05) is 6.42 Å². The van der Waals surface area contributed by atoms with Crippen molar-refractivity contribution in [3.8, 4) is 0 Å². The highest BCUT2D eigenvalue weighted by atomic mass is 16.4. The first-order chi connectivity index (χ1) is 9.39. The highest BCUT2D eigenvalue weighted by molar-refractivity contribution is 5.87. The summed E-state index contributed by atoms with van der Waals surface area (Å²) < 4.78 is 0. The number of carboxylic acid groups (broad SMARTS) is 1. The standard InChI is InChI=1S/C15H28N2O3/c1-11(7-9-16)5-6-13(18)17-15(14(19)20)8-3-4-12(2)10-15/h11-12H,3-10,16H2,1-2H3,(H,17,18)(H,19,20). The third-order valence-corrected chi connectivity index (χ3v) is 4.31. The summed E-state index contributed by atoms with van der Waals surface area (Å²) in [6, 6.07) is 0. The monoisotopic (exact) mass is 284 g/mol. The molecule has 1 amide bonds. The molecule has 0 aromatic rings. The highest BCUT2D eigenvalue weighted by Crippen LogP contribution is 2.32. The maximum Gasteiger partial charge on any atom is 0.329 e. The molecule has 3 atom stereocenters. The summed E-state index contributed by atoms with van der Waals surface area (Å²) in [5.41, 5.74) is 4.43. The van der Waals surface area contributed by atoms with Gasteiger partial charge in [-0.3, -0.25) is 4.79 Å². The number of hydrogen-bond acceptors (Lipinski definition) is 3. The maximum absolute atomic E-state index is 12.0. The van der Waals surface area contributed by atoms with Gasteiger partial charge in [0.15, 0.2) is 0 Å². The van der Waals surface area contributed by atoms with Crippen molar-refractivity contribution in [1.29, 1.82) is 0 Å². The van der Waals surface area contributed by atoms with Crippen LogP contribution in [0.5, 0.6) is 0 Å². The molecule has 1 fully saturated rings. The van der Waals surface area contributed by atoms with Gasteiger partial charge in [-0.2, -0.15) is 0 Å². The van der Waals surface area contributed by atoms with Gasteiger partial charge < -0.3 is 16.2 Å². The lowest BCUT2D eigenvalue weighted by atomic mass is 9.76. The van der Waals surface area contributed by atoms with Gasteiger partial charge in [0.1, 0.15) is 5.54 Å². The van der Waals surface area contributed by atoms with E-state index in [1.807, 2.05) is 6.92 Å². The molecule has 0 spiro atoms. The SMILES string of the molecule is CC(CCN)CCC(=O)NC1(C(=O)O)CCCC(C)C1. The normalized spacial score (nSPS) is 27.9. The molecule has 0 saturated heterocycles. The van der Waals surface area contributed by atoms with Crippen LogP contribution in [0.2, 0.25) is 0 Å². The molecule has 0 aromatic heterocycles. The summed E-state index contributed by atoms with van der Waals surface area (Å²) in [5, 5.41) is 12.3. The van der Waals surface area contributed by atoms with Gasteiger partial charge in [0.2, 0.25) is 5.91 Å². The zero-order valence-corrected chi connectivity index (χ0v) is 12.7. The Morgan fingerprint density at radius 3 is 2.70 bits per heavy atom. The van der Waals surface area contributed by atoms with Crippen LogP contribution in [-0.4, -0.2) is 29.1 Å². The predicted molar refractivity (Wildman–Crippen MR) is 78.2 cm³/mol. The molecule has 5 nitrogen and oxygen atoms in total. The van der Waals surface area contributed by atoms with E-state index in [1.54, 1.807) is 0 Å². The molecule has 1 saturated carbocycles. The van der Waals surface area contributed by atoms with Crippen LogP contribution >= 0.6 is 0 Å². The summed E-state index contributed by atoms with van der Waals surface area (Å²) in [5.74, 6) is -0.300. The first kappa shape index (κ1) is 17.0. The van der Waals surface area contributed by atoms with Gasteiger partial charge in [0.25, 0.3) is 0 Å². The second-order valence-corrected chi connectivity index (χ2v) is 6.36. The fraction of sp³-hybridized carbons (Fsp3) is 0.867. The molecule has 116 valence electrons. The smallest absolute Gasteiger partial charge is 0.329 e. The molecule has 0 aliphatic heterocycles. The largest absolute Gasteiger partial charge is 0.480 e. The molecular weight excluding hydrogens is 256 g/mol. The molecule has 5 heteroatoms. The van der Waals surface area contributed by atoms with Crippen LogP contribution in [0, 0.1) is 11.8 Å². The Balaban J connectivity index is 2.53. The summed E-state index contributed by atoms with van der Waals surface area (Å²) in [6.07, 6.45) is 5.01. The van der Waals surface area contributed by atoms with Crippen molar-refractivity contribution in [3.05, 3.63) is 0 Å². The van der Waals surface area contributed by atoms with Gasteiger partial charge in [-0.1, -0.05) is 26.7 Å². The van der Waals surface area contributed by atoms with E-state index in [-0.39, 0.29) is 5.91 Å². The van der Waals surface area contributed by atoms with E-state index in [4.69, 9.17) is 5.73 Å². The Hall–Kier alpha value is -1.10. The summed E-state index contributed by atoms with van der Waals surface area (Å²) >= 11 is 0. The van der Waals surface area contributed by atoms with Crippen LogP contribution in [0.3, 0.4) is 0 Å². The fourth-order valence-corrected chi connectivity index (χ4v) is 3.05. The average Bonchev–Trinajstić information content (AvgIpc) is 2.36. The number of nitrogens with two attached hydrogens (primary N) is 1. The molecule has 1 aliphatic rings. The number of carboxylic acids is 1. The number of aliphatic carboxylic acids is 1. The molecule has 0 aromatic carbocycles. The fourth-order valence-electron chi connectivity index (χ4n) is 3.05. The number of hydrogen-bond donors (Lipinski definition) is 3.